The highest BCUT2D eigenvalue weighted by atomic mass is 16.5. The SMILES string of the molecule is CC(C)(/N=N/C(C)(C)C(=O)OCCCCO)C(=O)OCCCCO. The van der Waals surface area contributed by atoms with Gasteiger partial charge in [0.05, 0.1) is 13.2 Å². The molecule has 0 amide bonds. The van der Waals surface area contributed by atoms with Crippen molar-refractivity contribution in [2.45, 2.75) is 64.5 Å². The molecule has 0 saturated carbocycles. The highest BCUT2D eigenvalue weighted by molar-refractivity contribution is 5.81. The maximum atomic E-state index is 12.0. The molecular weight excluding hydrogens is 316 g/mol. The zero-order valence-corrected chi connectivity index (χ0v) is 15.1. The number of rotatable bonds is 12. The van der Waals surface area contributed by atoms with Crippen molar-refractivity contribution in [2.75, 3.05) is 26.4 Å². The molecule has 24 heavy (non-hydrogen) atoms. The van der Waals surface area contributed by atoms with Gasteiger partial charge in [0.25, 0.3) is 0 Å². The number of aliphatic hydroxyl groups excluding tert-OH is 2. The van der Waals surface area contributed by atoms with Gasteiger partial charge in [0, 0.05) is 13.2 Å². The monoisotopic (exact) mass is 346 g/mol. The van der Waals surface area contributed by atoms with Gasteiger partial charge in [0.15, 0.2) is 11.1 Å². The quantitative estimate of drug-likeness (QED) is 0.315. The van der Waals surface area contributed by atoms with Crippen LogP contribution in [0.25, 0.3) is 0 Å². The summed E-state index contributed by atoms with van der Waals surface area (Å²) in [5.41, 5.74) is -2.43. The van der Waals surface area contributed by atoms with Crippen LogP contribution < -0.4 is 0 Å². The van der Waals surface area contributed by atoms with Crippen LogP contribution in [0.3, 0.4) is 0 Å². The third kappa shape index (κ3) is 8.93. The molecule has 0 aliphatic heterocycles. The minimum absolute atomic E-state index is 0.0509. The van der Waals surface area contributed by atoms with Gasteiger partial charge < -0.3 is 19.7 Å². The van der Waals surface area contributed by atoms with E-state index in [0.29, 0.717) is 25.7 Å². The molecule has 0 aliphatic carbocycles. The number of unbranched alkanes of at least 4 members (excludes halogenated alkanes) is 2. The molecule has 0 unspecified atom stereocenters. The molecule has 0 aliphatic rings. The van der Waals surface area contributed by atoms with Crippen LogP contribution >= 0.6 is 0 Å². The molecule has 0 rings (SSSR count). The number of nitrogens with zero attached hydrogens (tertiary/aromatic N) is 2. The zero-order valence-electron chi connectivity index (χ0n) is 15.1. The van der Waals surface area contributed by atoms with Crippen molar-refractivity contribution in [1.82, 2.24) is 0 Å². The summed E-state index contributed by atoms with van der Waals surface area (Å²) in [5.74, 6) is -1.09. The van der Waals surface area contributed by atoms with E-state index in [1.165, 1.54) is 0 Å². The first-order chi connectivity index (χ1) is 11.2. The van der Waals surface area contributed by atoms with Crippen molar-refractivity contribution in [3.63, 3.8) is 0 Å². The van der Waals surface area contributed by atoms with Crippen LogP contribution in [-0.2, 0) is 19.1 Å². The Morgan fingerprint density at radius 3 is 1.38 bits per heavy atom. The van der Waals surface area contributed by atoms with E-state index in [4.69, 9.17) is 19.7 Å². The van der Waals surface area contributed by atoms with Gasteiger partial charge in [-0.2, -0.15) is 10.2 Å². The van der Waals surface area contributed by atoms with E-state index in [9.17, 15) is 9.59 Å². The normalized spacial score (nSPS) is 12.4. The van der Waals surface area contributed by atoms with Crippen molar-refractivity contribution < 1.29 is 29.3 Å². The topological polar surface area (TPSA) is 118 Å². The van der Waals surface area contributed by atoms with Gasteiger partial charge >= 0.3 is 11.9 Å². The molecule has 8 heteroatoms. The molecule has 0 atom stereocenters. The standard InChI is InChI=1S/C16H30N2O6/c1-15(2,13(21)23-11-7-5-9-19)17-18-16(3,4)14(22)24-12-8-6-10-20/h19-20H,5-12H2,1-4H3/b18-17+. The number of hydrogen-bond acceptors (Lipinski definition) is 8. The fourth-order valence-corrected chi connectivity index (χ4v) is 1.44. The van der Waals surface area contributed by atoms with Crippen LogP contribution in [0.15, 0.2) is 10.2 Å². The van der Waals surface area contributed by atoms with Gasteiger partial charge in [-0.05, 0) is 53.4 Å². The first-order valence-electron chi connectivity index (χ1n) is 8.17. The van der Waals surface area contributed by atoms with Gasteiger partial charge in [0.2, 0.25) is 0 Å². The van der Waals surface area contributed by atoms with Crippen LogP contribution in [-0.4, -0.2) is 59.7 Å². The van der Waals surface area contributed by atoms with Crippen molar-refractivity contribution in [3.05, 3.63) is 0 Å². The summed E-state index contributed by atoms with van der Waals surface area (Å²) in [5, 5.41) is 25.3. The Hall–Kier alpha value is -1.54. The minimum Gasteiger partial charge on any atom is -0.464 e. The van der Waals surface area contributed by atoms with Crippen molar-refractivity contribution in [3.8, 4) is 0 Å². The Morgan fingerprint density at radius 1 is 0.750 bits per heavy atom. The van der Waals surface area contributed by atoms with Crippen molar-refractivity contribution in [1.29, 1.82) is 0 Å². The van der Waals surface area contributed by atoms with Crippen LogP contribution in [0.4, 0.5) is 0 Å². The summed E-state index contributed by atoms with van der Waals surface area (Å²) < 4.78 is 10.2. The summed E-state index contributed by atoms with van der Waals surface area (Å²) in [6.45, 7) is 6.70. The molecule has 8 nitrogen and oxygen atoms in total. The van der Waals surface area contributed by atoms with Gasteiger partial charge in [0.1, 0.15) is 0 Å². The lowest BCUT2D eigenvalue weighted by atomic mass is 10.1. The van der Waals surface area contributed by atoms with Gasteiger partial charge in [-0.25, -0.2) is 9.59 Å². The summed E-state index contributed by atoms with van der Waals surface area (Å²) in [6, 6.07) is 0. The zero-order chi connectivity index (χ0) is 18.6. The molecule has 0 spiro atoms. The lowest BCUT2D eigenvalue weighted by molar-refractivity contribution is -0.151. The molecule has 0 bridgehead atoms. The predicted molar refractivity (Wildman–Crippen MR) is 87.6 cm³/mol. The van der Waals surface area contributed by atoms with Crippen LogP contribution in [0.2, 0.25) is 0 Å². The Morgan fingerprint density at radius 2 is 1.08 bits per heavy atom. The molecule has 0 aromatic carbocycles. The summed E-state index contributed by atoms with van der Waals surface area (Å²) >= 11 is 0. The second-order valence-electron chi connectivity index (χ2n) is 6.45. The van der Waals surface area contributed by atoms with E-state index in [1.54, 1.807) is 27.7 Å². The minimum atomic E-state index is -1.21. The van der Waals surface area contributed by atoms with E-state index in [-0.39, 0.29) is 26.4 Å². The molecule has 0 fully saturated rings. The highest BCUT2D eigenvalue weighted by Crippen LogP contribution is 2.19. The number of ether oxygens (including phenoxy) is 2. The first kappa shape index (κ1) is 22.5. The number of carbonyl (C=O) groups excluding carboxylic acids is 2. The van der Waals surface area contributed by atoms with Gasteiger partial charge in [-0.15, -0.1) is 0 Å². The van der Waals surface area contributed by atoms with E-state index in [1.807, 2.05) is 0 Å². The third-order valence-electron chi connectivity index (χ3n) is 3.12. The lowest BCUT2D eigenvalue weighted by Gasteiger charge is -2.21. The smallest absolute Gasteiger partial charge is 0.335 e. The third-order valence-corrected chi connectivity index (χ3v) is 3.12. The Kier molecular flexibility index (Phi) is 10.4. The lowest BCUT2D eigenvalue weighted by Crippen LogP contribution is -2.35. The van der Waals surface area contributed by atoms with Gasteiger partial charge in [-0.3, -0.25) is 0 Å². The number of esters is 2. The van der Waals surface area contributed by atoms with Crippen molar-refractivity contribution in [2.24, 2.45) is 10.2 Å². The first-order valence-corrected chi connectivity index (χ1v) is 8.17. The maximum absolute atomic E-state index is 12.0. The van der Waals surface area contributed by atoms with Crippen LogP contribution in [0.1, 0.15) is 53.4 Å². The van der Waals surface area contributed by atoms with E-state index >= 15 is 0 Å². The highest BCUT2D eigenvalue weighted by Gasteiger charge is 2.34. The fourth-order valence-electron chi connectivity index (χ4n) is 1.44. The van der Waals surface area contributed by atoms with Crippen LogP contribution in [0.5, 0.6) is 0 Å². The number of hydrogen-bond donors (Lipinski definition) is 2. The predicted octanol–water partition coefficient (Wildman–Crippen LogP) is 1.63. The fraction of sp³-hybridized carbons (Fsp3) is 0.875. The molecular formula is C16H30N2O6. The van der Waals surface area contributed by atoms with Gasteiger partial charge in [-0.1, -0.05) is 0 Å². The maximum Gasteiger partial charge on any atom is 0.335 e. The number of carbonyl (C=O) groups is 2. The second kappa shape index (κ2) is 11.1. The van der Waals surface area contributed by atoms with E-state index < -0.39 is 23.0 Å². The largest absolute Gasteiger partial charge is 0.464 e. The molecule has 0 saturated heterocycles. The molecule has 0 aromatic rings. The Balaban J connectivity index is 4.52. The van der Waals surface area contributed by atoms with Crippen molar-refractivity contribution >= 4 is 11.9 Å². The summed E-state index contributed by atoms with van der Waals surface area (Å²) in [4.78, 5) is 24.0. The summed E-state index contributed by atoms with van der Waals surface area (Å²) in [6.07, 6.45) is 2.26. The average Bonchev–Trinajstić information content (AvgIpc) is 2.53. The Labute approximate surface area is 143 Å². The molecule has 0 radical (unpaired) electrons. The van der Waals surface area contributed by atoms with E-state index in [0.717, 1.165) is 0 Å². The molecule has 140 valence electrons. The number of aliphatic hydroxyl groups is 2. The molecule has 2 N–H and O–H groups in total. The van der Waals surface area contributed by atoms with Crippen LogP contribution in [0, 0.1) is 0 Å². The summed E-state index contributed by atoms with van der Waals surface area (Å²) in [7, 11) is 0. The Bertz CT molecular complexity index is 383. The molecule has 0 aromatic heterocycles. The van der Waals surface area contributed by atoms with E-state index in [2.05, 4.69) is 10.2 Å². The average molecular weight is 346 g/mol. The number of azo groups is 1. The second-order valence-corrected chi connectivity index (χ2v) is 6.45. The molecule has 0 heterocycles.